The minimum atomic E-state index is -0.764. The van der Waals surface area contributed by atoms with Crippen molar-refractivity contribution >= 4 is 5.97 Å². The summed E-state index contributed by atoms with van der Waals surface area (Å²) in [6, 6.07) is -0.366. The predicted molar refractivity (Wildman–Crippen MR) is 32.9 cm³/mol. The Kier molecular flexibility index (Phi) is 1.72. The van der Waals surface area contributed by atoms with Gasteiger partial charge in [-0.05, 0) is 19.0 Å². The Hall–Kier alpha value is -0.990. The molecule has 0 aromatic heterocycles. The molecule has 0 amide bonds. The second-order valence-corrected chi connectivity index (χ2v) is 2.04. The van der Waals surface area contributed by atoms with Gasteiger partial charge in [0.15, 0.2) is 0 Å². The summed E-state index contributed by atoms with van der Waals surface area (Å²) in [4.78, 5) is 10.3. The molecule has 0 radical (unpaired) electrons. The van der Waals surface area contributed by atoms with Crippen molar-refractivity contribution < 1.29 is 9.90 Å². The minimum Gasteiger partial charge on any atom is -0.480 e. The molecule has 1 aliphatic rings. The van der Waals surface area contributed by atoms with Gasteiger partial charge >= 0.3 is 5.97 Å². The van der Waals surface area contributed by atoms with E-state index in [1.165, 1.54) is 0 Å². The van der Waals surface area contributed by atoms with Gasteiger partial charge in [-0.3, -0.25) is 0 Å². The van der Waals surface area contributed by atoms with Crippen LogP contribution in [-0.2, 0) is 4.79 Å². The van der Waals surface area contributed by atoms with Crippen molar-refractivity contribution in [2.75, 3.05) is 0 Å². The van der Waals surface area contributed by atoms with Gasteiger partial charge in [-0.1, -0.05) is 6.08 Å². The number of carboxylic acid groups (broad SMARTS) is 1. The van der Waals surface area contributed by atoms with E-state index in [0.717, 1.165) is 6.42 Å². The summed E-state index contributed by atoms with van der Waals surface area (Å²) in [7, 11) is 0. The van der Waals surface area contributed by atoms with Crippen LogP contribution in [0.25, 0.3) is 0 Å². The van der Waals surface area contributed by atoms with Gasteiger partial charge in [0, 0.05) is 0 Å². The van der Waals surface area contributed by atoms with Crippen LogP contribution in [0.2, 0.25) is 0 Å². The van der Waals surface area contributed by atoms with Crippen LogP contribution < -0.4 is 5.32 Å². The lowest BCUT2D eigenvalue weighted by molar-refractivity contribution is -0.139. The molecule has 1 atom stereocenters. The predicted octanol–water partition coefficient (Wildman–Crippen LogP) is 0.337. The second-order valence-electron chi connectivity index (χ2n) is 2.04. The number of hydrogen-bond acceptors (Lipinski definition) is 2. The van der Waals surface area contributed by atoms with Gasteiger partial charge in [-0.25, -0.2) is 4.79 Å². The highest BCUT2D eigenvalue weighted by Crippen LogP contribution is 2.02. The van der Waals surface area contributed by atoms with Crippen LogP contribution in [0, 0.1) is 0 Å². The Morgan fingerprint density at radius 2 is 2.56 bits per heavy atom. The first-order chi connectivity index (χ1) is 4.30. The monoisotopic (exact) mass is 127 g/mol. The number of carbonyl (C=O) groups is 1. The van der Waals surface area contributed by atoms with E-state index in [4.69, 9.17) is 5.11 Å². The molecule has 0 bridgehead atoms. The summed E-state index contributed by atoms with van der Waals surface area (Å²) in [5, 5.41) is 11.2. The normalized spacial score (nSPS) is 25.1. The standard InChI is InChI=1S/C6H9NO2/c8-6(9)5-3-1-2-4-7-5/h2,4-5,7H,1,3H2,(H,8,9)/t5-/m1/s1. The molecule has 0 aromatic rings. The number of rotatable bonds is 1. The van der Waals surface area contributed by atoms with Crippen LogP contribution in [-0.4, -0.2) is 17.1 Å². The summed E-state index contributed by atoms with van der Waals surface area (Å²) in [6.45, 7) is 0. The van der Waals surface area contributed by atoms with Crippen molar-refractivity contribution in [3.63, 3.8) is 0 Å². The van der Waals surface area contributed by atoms with E-state index in [0.29, 0.717) is 6.42 Å². The number of allylic oxidation sites excluding steroid dienone is 1. The van der Waals surface area contributed by atoms with Gasteiger partial charge in [0.1, 0.15) is 6.04 Å². The highest BCUT2D eigenvalue weighted by molar-refractivity contribution is 5.73. The van der Waals surface area contributed by atoms with Crippen LogP contribution >= 0.6 is 0 Å². The van der Waals surface area contributed by atoms with Crippen LogP contribution in [0.4, 0.5) is 0 Å². The highest BCUT2D eigenvalue weighted by atomic mass is 16.4. The van der Waals surface area contributed by atoms with Gasteiger partial charge in [-0.2, -0.15) is 0 Å². The van der Waals surface area contributed by atoms with Crippen molar-refractivity contribution in [3.8, 4) is 0 Å². The van der Waals surface area contributed by atoms with Gasteiger partial charge in [-0.15, -0.1) is 0 Å². The lowest BCUT2D eigenvalue weighted by Crippen LogP contribution is -2.34. The topological polar surface area (TPSA) is 49.3 Å². The molecular weight excluding hydrogens is 118 g/mol. The van der Waals surface area contributed by atoms with E-state index in [9.17, 15) is 4.79 Å². The number of carboxylic acids is 1. The second kappa shape index (κ2) is 2.53. The van der Waals surface area contributed by atoms with Crippen molar-refractivity contribution in [2.24, 2.45) is 0 Å². The molecule has 9 heavy (non-hydrogen) atoms. The number of aliphatic carboxylic acids is 1. The fraction of sp³-hybridized carbons (Fsp3) is 0.500. The van der Waals surface area contributed by atoms with E-state index < -0.39 is 5.97 Å². The number of nitrogens with one attached hydrogen (secondary N) is 1. The zero-order valence-corrected chi connectivity index (χ0v) is 5.00. The third kappa shape index (κ3) is 1.45. The van der Waals surface area contributed by atoms with Crippen LogP contribution in [0.5, 0.6) is 0 Å². The Labute approximate surface area is 53.4 Å². The molecule has 0 saturated heterocycles. The van der Waals surface area contributed by atoms with E-state index >= 15 is 0 Å². The summed E-state index contributed by atoms with van der Waals surface area (Å²) in [5.74, 6) is -0.764. The van der Waals surface area contributed by atoms with Crippen LogP contribution in [0.3, 0.4) is 0 Å². The molecule has 0 aliphatic carbocycles. The summed E-state index contributed by atoms with van der Waals surface area (Å²) in [6.07, 6.45) is 5.19. The Bertz CT molecular complexity index is 142. The molecule has 0 aromatic carbocycles. The first-order valence-electron chi connectivity index (χ1n) is 2.94. The molecule has 0 unspecified atom stereocenters. The Morgan fingerprint density at radius 1 is 1.78 bits per heavy atom. The maximum atomic E-state index is 10.3. The Balaban J connectivity index is 2.44. The number of hydrogen-bond donors (Lipinski definition) is 2. The fourth-order valence-electron chi connectivity index (χ4n) is 0.809. The lowest BCUT2D eigenvalue weighted by Gasteiger charge is -2.14. The van der Waals surface area contributed by atoms with E-state index in [-0.39, 0.29) is 6.04 Å². The third-order valence-electron chi connectivity index (χ3n) is 1.34. The van der Waals surface area contributed by atoms with Crippen LogP contribution in [0.1, 0.15) is 12.8 Å². The molecule has 3 nitrogen and oxygen atoms in total. The Morgan fingerprint density at radius 3 is 2.89 bits per heavy atom. The average molecular weight is 127 g/mol. The summed E-state index contributed by atoms with van der Waals surface area (Å²) < 4.78 is 0. The van der Waals surface area contributed by atoms with E-state index in [2.05, 4.69) is 5.32 Å². The lowest BCUT2D eigenvalue weighted by atomic mass is 10.1. The molecule has 2 N–H and O–H groups in total. The molecule has 1 rings (SSSR count). The average Bonchev–Trinajstić information content (AvgIpc) is 1.90. The molecular formula is C6H9NO2. The zero-order valence-electron chi connectivity index (χ0n) is 5.00. The van der Waals surface area contributed by atoms with Crippen molar-refractivity contribution in [2.45, 2.75) is 18.9 Å². The SMILES string of the molecule is O=C(O)[C@H]1CCC=CN1. The molecule has 0 spiro atoms. The summed E-state index contributed by atoms with van der Waals surface area (Å²) >= 11 is 0. The fourth-order valence-corrected chi connectivity index (χ4v) is 0.809. The van der Waals surface area contributed by atoms with Crippen molar-refractivity contribution in [1.82, 2.24) is 5.32 Å². The van der Waals surface area contributed by atoms with Crippen molar-refractivity contribution in [3.05, 3.63) is 12.3 Å². The molecule has 1 heterocycles. The first kappa shape index (κ1) is 6.13. The third-order valence-corrected chi connectivity index (χ3v) is 1.34. The smallest absolute Gasteiger partial charge is 0.326 e. The molecule has 3 heteroatoms. The first-order valence-corrected chi connectivity index (χ1v) is 2.94. The van der Waals surface area contributed by atoms with Crippen LogP contribution in [0.15, 0.2) is 12.3 Å². The maximum Gasteiger partial charge on any atom is 0.326 e. The van der Waals surface area contributed by atoms with Gasteiger partial charge in [0.2, 0.25) is 0 Å². The molecule has 0 saturated carbocycles. The molecule has 0 fully saturated rings. The molecule has 50 valence electrons. The zero-order chi connectivity index (χ0) is 6.69. The van der Waals surface area contributed by atoms with E-state index in [1.807, 2.05) is 6.08 Å². The van der Waals surface area contributed by atoms with Gasteiger partial charge in [0.05, 0.1) is 0 Å². The highest BCUT2D eigenvalue weighted by Gasteiger charge is 2.15. The van der Waals surface area contributed by atoms with Gasteiger partial charge in [0.25, 0.3) is 0 Å². The molecule has 1 aliphatic heterocycles. The summed E-state index contributed by atoms with van der Waals surface area (Å²) in [5.41, 5.74) is 0. The maximum absolute atomic E-state index is 10.3. The minimum absolute atomic E-state index is 0.366. The largest absolute Gasteiger partial charge is 0.480 e. The van der Waals surface area contributed by atoms with Gasteiger partial charge < -0.3 is 10.4 Å². The van der Waals surface area contributed by atoms with Crippen molar-refractivity contribution in [1.29, 1.82) is 0 Å². The quantitative estimate of drug-likeness (QED) is 0.534. The van der Waals surface area contributed by atoms with E-state index in [1.54, 1.807) is 6.20 Å².